The molecule has 1 atom stereocenters. The van der Waals surface area contributed by atoms with Gasteiger partial charge in [-0.2, -0.15) is 4.80 Å². The summed E-state index contributed by atoms with van der Waals surface area (Å²) in [6, 6.07) is 19.5. The second-order valence-electron chi connectivity index (χ2n) is 9.66. The van der Waals surface area contributed by atoms with Crippen LogP contribution in [0.3, 0.4) is 0 Å². The average Bonchev–Trinajstić information content (AvgIpc) is 3.44. The van der Waals surface area contributed by atoms with Crippen LogP contribution in [0.15, 0.2) is 79.0 Å². The van der Waals surface area contributed by atoms with Gasteiger partial charge >= 0.3 is 0 Å². The SMILES string of the molecule is O=C(NC1CCCCC1)C(c1ccccn1)N(Cc1ccc(F)cc1)C(=O)Cn1nnc(-c2ccccc2)n1. The second-order valence-corrected chi connectivity index (χ2v) is 9.66. The first kappa shape index (κ1) is 26.1. The number of benzene rings is 2. The lowest BCUT2D eigenvalue weighted by atomic mass is 9.95. The number of carbonyl (C=O) groups excluding carboxylic acids is 2. The van der Waals surface area contributed by atoms with Crippen LogP contribution in [0, 0.1) is 5.82 Å². The van der Waals surface area contributed by atoms with Gasteiger partial charge in [0.1, 0.15) is 12.4 Å². The first-order chi connectivity index (χ1) is 19.1. The Kier molecular flexibility index (Phi) is 8.30. The molecule has 10 heteroatoms. The first-order valence-electron chi connectivity index (χ1n) is 13.2. The molecule has 39 heavy (non-hydrogen) atoms. The highest BCUT2D eigenvalue weighted by Gasteiger charge is 2.34. The molecule has 1 saturated carbocycles. The van der Waals surface area contributed by atoms with E-state index in [9.17, 15) is 14.0 Å². The lowest BCUT2D eigenvalue weighted by Gasteiger charge is -2.32. The quantitative estimate of drug-likeness (QED) is 0.351. The summed E-state index contributed by atoms with van der Waals surface area (Å²) in [6.07, 6.45) is 6.66. The molecule has 2 aromatic carbocycles. The summed E-state index contributed by atoms with van der Waals surface area (Å²) < 4.78 is 13.6. The van der Waals surface area contributed by atoms with Gasteiger partial charge in [0.2, 0.25) is 17.6 Å². The average molecular weight is 528 g/mol. The van der Waals surface area contributed by atoms with Gasteiger partial charge in [0.15, 0.2) is 6.04 Å². The summed E-state index contributed by atoms with van der Waals surface area (Å²) in [5, 5.41) is 15.7. The molecule has 1 fully saturated rings. The number of hydrogen-bond acceptors (Lipinski definition) is 6. The van der Waals surface area contributed by atoms with Crippen LogP contribution in [-0.4, -0.2) is 47.9 Å². The summed E-state index contributed by atoms with van der Waals surface area (Å²) in [7, 11) is 0. The first-order valence-corrected chi connectivity index (χ1v) is 13.2. The molecule has 0 spiro atoms. The van der Waals surface area contributed by atoms with E-state index in [0.29, 0.717) is 17.1 Å². The lowest BCUT2D eigenvalue weighted by molar-refractivity contribution is -0.143. The Balaban J connectivity index is 1.45. The maximum absolute atomic E-state index is 13.9. The van der Waals surface area contributed by atoms with E-state index in [1.54, 1.807) is 36.5 Å². The summed E-state index contributed by atoms with van der Waals surface area (Å²) in [5.74, 6) is -0.684. The molecular formula is C29H30FN7O2. The van der Waals surface area contributed by atoms with Crippen LogP contribution < -0.4 is 5.32 Å². The molecule has 9 nitrogen and oxygen atoms in total. The topological polar surface area (TPSA) is 106 Å². The molecule has 4 aromatic rings. The Bertz CT molecular complexity index is 1370. The Morgan fingerprint density at radius 1 is 0.974 bits per heavy atom. The van der Waals surface area contributed by atoms with Crippen LogP contribution in [0.1, 0.15) is 49.4 Å². The Hall–Kier alpha value is -4.47. The third kappa shape index (κ3) is 6.70. The molecule has 5 rings (SSSR count). The largest absolute Gasteiger partial charge is 0.351 e. The Morgan fingerprint density at radius 3 is 2.44 bits per heavy atom. The predicted octanol–water partition coefficient (Wildman–Crippen LogP) is 4.09. The molecule has 1 aliphatic rings. The van der Waals surface area contributed by atoms with Crippen LogP contribution in [-0.2, 0) is 22.7 Å². The van der Waals surface area contributed by atoms with Gasteiger partial charge in [0.25, 0.3) is 0 Å². The number of amides is 2. The third-order valence-corrected chi connectivity index (χ3v) is 6.83. The zero-order valence-corrected chi connectivity index (χ0v) is 21.5. The molecule has 0 bridgehead atoms. The number of tetrazole rings is 1. The summed E-state index contributed by atoms with van der Waals surface area (Å²) in [5.41, 5.74) is 1.89. The van der Waals surface area contributed by atoms with Crippen LogP contribution in [0.5, 0.6) is 0 Å². The van der Waals surface area contributed by atoms with Crippen LogP contribution in [0.2, 0.25) is 0 Å². The molecule has 0 aliphatic heterocycles. The van der Waals surface area contributed by atoms with E-state index in [2.05, 4.69) is 25.7 Å². The minimum absolute atomic E-state index is 0.0469. The number of hydrogen-bond donors (Lipinski definition) is 1. The highest BCUT2D eigenvalue weighted by molar-refractivity contribution is 5.88. The number of pyridine rings is 1. The van der Waals surface area contributed by atoms with Gasteiger partial charge in [0, 0.05) is 24.3 Å². The minimum atomic E-state index is -0.997. The van der Waals surface area contributed by atoms with Crippen LogP contribution >= 0.6 is 0 Å². The number of nitrogens with one attached hydrogen (secondary N) is 1. The van der Waals surface area contributed by atoms with Crippen molar-refractivity contribution in [3.05, 3.63) is 96.1 Å². The van der Waals surface area contributed by atoms with E-state index < -0.39 is 11.9 Å². The Labute approximate surface area is 226 Å². The molecule has 0 radical (unpaired) electrons. The second kappa shape index (κ2) is 12.4. The van der Waals surface area contributed by atoms with Crippen molar-refractivity contribution in [2.75, 3.05) is 0 Å². The van der Waals surface area contributed by atoms with Gasteiger partial charge in [-0.25, -0.2) is 4.39 Å². The minimum Gasteiger partial charge on any atom is -0.351 e. The third-order valence-electron chi connectivity index (χ3n) is 6.83. The molecule has 1 aliphatic carbocycles. The van der Waals surface area contributed by atoms with Crippen molar-refractivity contribution >= 4 is 11.8 Å². The van der Waals surface area contributed by atoms with Gasteiger partial charge in [0.05, 0.1) is 5.69 Å². The fourth-order valence-corrected chi connectivity index (χ4v) is 4.84. The number of halogens is 1. The monoisotopic (exact) mass is 527 g/mol. The lowest BCUT2D eigenvalue weighted by Crippen LogP contribution is -2.48. The summed E-state index contributed by atoms with van der Waals surface area (Å²) >= 11 is 0. The number of nitrogens with zero attached hydrogens (tertiary/aromatic N) is 6. The van der Waals surface area contributed by atoms with E-state index in [1.165, 1.54) is 21.8 Å². The molecule has 1 unspecified atom stereocenters. The number of rotatable bonds is 9. The summed E-state index contributed by atoms with van der Waals surface area (Å²) in [6.45, 7) is -0.167. The molecule has 0 saturated heterocycles. The zero-order valence-electron chi connectivity index (χ0n) is 21.5. The van der Waals surface area contributed by atoms with Crippen molar-refractivity contribution in [2.45, 2.75) is 57.3 Å². The molecule has 2 aromatic heterocycles. The maximum atomic E-state index is 13.9. The van der Waals surface area contributed by atoms with Crippen molar-refractivity contribution in [3.63, 3.8) is 0 Å². The smallest absolute Gasteiger partial charge is 0.249 e. The van der Waals surface area contributed by atoms with Crippen molar-refractivity contribution in [3.8, 4) is 11.4 Å². The highest BCUT2D eigenvalue weighted by atomic mass is 19.1. The number of aromatic nitrogens is 5. The van der Waals surface area contributed by atoms with E-state index in [0.717, 1.165) is 37.7 Å². The van der Waals surface area contributed by atoms with Crippen molar-refractivity contribution in [1.82, 2.24) is 35.4 Å². The Morgan fingerprint density at radius 2 is 1.72 bits per heavy atom. The molecule has 2 amide bonds. The van der Waals surface area contributed by atoms with E-state index >= 15 is 0 Å². The molecule has 1 N–H and O–H groups in total. The van der Waals surface area contributed by atoms with Gasteiger partial charge < -0.3 is 10.2 Å². The van der Waals surface area contributed by atoms with E-state index in [-0.39, 0.29) is 30.9 Å². The molecular weight excluding hydrogens is 497 g/mol. The fraction of sp³-hybridized carbons (Fsp3) is 0.310. The maximum Gasteiger partial charge on any atom is 0.249 e. The molecule has 2 heterocycles. The summed E-state index contributed by atoms with van der Waals surface area (Å²) in [4.78, 5) is 34.8. The fourth-order valence-electron chi connectivity index (χ4n) is 4.84. The number of carbonyl (C=O) groups is 2. The van der Waals surface area contributed by atoms with Crippen LogP contribution in [0.4, 0.5) is 4.39 Å². The van der Waals surface area contributed by atoms with Crippen molar-refractivity contribution in [2.24, 2.45) is 0 Å². The van der Waals surface area contributed by atoms with Gasteiger partial charge in [-0.1, -0.05) is 67.8 Å². The van der Waals surface area contributed by atoms with Gasteiger partial charge in [-0.3, -0.25) is 14.6 Å². The van der Waals surface area contributed by atoms with Crippen molar-refractivity contribution in [1.29, 1.82) is 0 Å². The van der Waals surface area contributed by atoms with E-state index in [4.69, 9.17) is 0 Å². The van der Waals surface area contributed by atoms with Gasteiger partial charge in [-0.05, 0) is 47.9 Å². The zero-order chi connectivity index (χ0) is 27.0. The highest BCUT2D eigenvalue weighted by Crippen LogP contribution is 2.25. The molecule has 200 valence electrons. The van der Waals surface area contributed by atoms with Crippen molar-refractivity contribution < 1.29 is 14.0 Å². The predicted molar refractivity (Wildman–Crippen MR) is 142 cm³/mol. The van der Waals surface area contributed by atoms with E-state index in [1.807, 2.05) is 30.3 Å². The normalized spacial score (nSPS) is 14.5. The van der Waals surface area contributed by atoms with Gasteiger partial charge in [-0.15, -0.1) is 10.2 Å². The standard InChI is InChI=1S/C29H30FN7O2/c30-23-16-14-21(15-17-23)19-36(26(38)20-37-34-28(33-35-37)22-9-3-1-4-10-22)27(25-13-7-8-18-31-25)29(39)32-24-11-5-2-6-12-24/h1,3-4,7-10,13-18,24,27H,2,5-6,11-12,19-20H2,(H,32,39). The van der Waals surface area contributed by atoms with Crippen LogP contribution in [0.25, 0.3) is 11.4 Å².